The second-order valence-electron chi connectivity index (χ2n) is 4.82. The Hall–Kier alpha value is -1.10. The van der Waals surface area contributed by atoms with E-state index in [2.05, 4.69) is 23.6 Å². The molecule has 1 atom stereocenters. The highest BCUT2D eigenvalue weighted by Crippen LogP contribution is 2.33. The van der Waals surface area contributed by atoms with Gasteiger partial charge in [0.05, 0.1) is 16.1 Å². The van der Waals surface area contributed by atoms with Crippen molar-refractivity contribution in [2.24, 2.45) is 5.84 Å². The van der Waals surface area contributed by atoms with Crippen molar-refractivity contribution < 1.29 is 0 Å². The number of thiophene rings is 1. The Labute approximate surface area is 137 Å². The van der Waals surface area contributed by atoms with Crippen LogP contribution in [0.5, 0.6) is 0 Å². The molecule has 3 rings (SSSR count). The molecule has 2 nitrogen and oxygen atoms in total. The molecule has 0 radical (unpaired) electrons. The zero-order valence-corrected chi connectivity index (χ0v) is 13.5. The molecule has 5 heteroatoms. The second kappa shape index (κ2) is 6.34. The molecule has 0 aliphatic carbocycles. The number of halogens is 2. The van der Waals surface area contributed by atoms with Gasteiger partial charge in [-0.3, -0.25) is 11.3 Å². The van der Waals surface area contributed by atoms with Gasteiger partial charge in [0, 0.05) is 9.58 Å². The first-order valence-corrected chi connectivity index (χ1v) is 8.14. The number of fused-ring (bicyclic) bond motifs is 1. The summed E-state index contributed by atoms with van der Waals surface area (Å²) in [6.45, 7) is 0. The van der Waals surface area contributed by atoms with Crippen molar-refractivity contribution in [1.29, 1.82) is 0 Å². The predicted molar refractivity (Wildman–Crippen MR) is 92.1 cm³/mol. The van der Waals surface area contributed by atoms with Crippen molar-refractivity contribution in [1.82, 2.24) is 5.43 Å². The van der Waals surface area contributed by atoms with Crippen LogP contribution in [0.3, 0.4) is 0 Å². The van der Waals surface area contributed by atoms with Crippen LogP contribution in [0.15, 0.2) is 48.5 Å². The van der Waals surface area contributed by atoms with E-state index in [1.165, 1.54) is 15.0 Å². The Kier molecular flexibility index (Phi) is 4.48. The lowest BCUT2D eigenvalue weighted by molar-refractivity contribution is 0.561. The Bertz CT molecular complexity index is 737. The van der Waals surface area contributed by atoms with E-state index in [1.54, 1.807) is 17.4 Å². The van der Waals surface area contributed by atoms with E-state index in [4.69, 9.17) is 29.0 Å². The molecule has 0 aliphatic heterocycles. The number of rotatable bonds is 4. The largest absolute Gasteiger partial charge is 0.271 e. The SMILES string of the molecule is NNC(Cc1cccc(Cl)c1Cl)c1cc2ccccc2s1. The Morgan fingerprint density at radius 3 is 2.67 bits per heavy atom. The third kappa shape index (κ3) is 3.07. The van der Waals surface area contributed by atoms with Crippen LogP contribution in [0.1, 0.15) is 16.5 Å². The molecule has 2 aromatic carbocycles. The molecule has 0 fully saturated rings. The van der Waals surface area contributed by atoms with E-state index in [-0.39, 0.29) is 6.04 Å². The van der Waals surface area contributed by atoms with Crippen LogP contribution in [0, 0.1) is 0 Å². The summed E-state index contributed by atoms with van der Waals surface area (Å²) in [4.78, 5) is 1.19. The lowest BCUT2D eigenvalue weighted by Crippen LogP contribution is -2.29. The van der Waals surface area contributed by atoms with Crippen LogP contribution in [-0.2, 0) is 6.42 Å². The first-order chi connectivity index (χ1) is 10.2. The van der Waals surface area contributed by atoms with Crippen LogP contribution in [-0.4, -0.2) is 0 Å². The van der Waals surface area contributed by atoms with Crippen LogP contribution in [0.25, 0.3) is 10.1 Å². The average Bonchev–Trinajstić information content (AvgIpc) is 2.92. The smallest absolute Gasteiger partial charge is 0.0625 e. The molecule has 0 saturated heterocycles. The van der Waals surface area contributed by atoms with Gasteiger partial charge in [-0.25, -0.2) is 0 Å². The summed E-state index contributed by atoms with van der Waals surface area (Å²) < 4.78 is 1.25. The van der Waals surface area contributed by atoms with Gasteiger partial charge in [-0.1, -0.05) is 53.5 Å². The van der Waals surface area contributed by atoms with Gasteiger partial charge in [0.2, 0.25) is 0 Å². The highest BCUT2D eigenvalue weighted by atomic mass is 35.5. The first-order valence-electron chi connectivity index (χ1n) is 6.56. The fourth-order valence-electron chi connectivity index (χ4n) is 2.34. The maximum absolute atomic E-state index is 6.26. The second-order valence-corrected chi connectivity index (χ2v) is 6.72. The molecule has 3 N–H and O–H groups in total. The van der Waals surface area contributed by atoms with Crippen molar-refractivity contribution in [3.8, 4) is 0 Å². The topological polar surface area (TPSA) is 38.0 Å². The van der Waals surface area contributed by atoms with Crippen molar-refractivity contribution in [3.05, 3.63) is 69.0 Å². The quantitative estimate of drug-likeness (QED) is 0.522. The number of hydrogen-bond donors (Lipinski definition) is 2. The highest BCUT2D eigenvalue weighted by Gasteiger charge is 2.16. The van der Waals surface area contributed by atoms with Gasteiger partial charge in [0.25, 0.3) is 0 Å². The van der Waals surface area contributed by atoms with Gasteiger partial charge < -0.3 is 0 Å². The third-order valence-corrected chi connectivity index (χ3v) is 5.53. The van der Waals surface area contributed by atoms with Gasteiger partial charge in [0.1, 0.15) is 0 Å². The summed E-state index contributed by atoms with van der Waals surface area (Å²) in [5, 5.41) is 2.40. The summed E-state index contributed by atoms with van der Waals surface area (Å²) in [5.74, 6) is 5.74. The number of benzene rings is 2. The molecular formula is C16H14Cl2N2S. The minimum atomic E-state index is 0.0124. The van der Waals surface area contributed by atoms with E-state index in [1.807, 2.05) is 24.3 Å². The van der Waals surface area contributed by atoms with E-state index in [0.717, 1.165) is 5.56 Å². The molecule has 1 unspecified atom stereocenters. The third-order valence-electron chi connectivity index (χ3n) is 3.44. The van der Waals surface area contributed by atoms with Crippen LogP contribution < -0.4 is 11.3 Å². The summed E-state index contributed by atoms with van der Waals surface area (Å²) in [6, 6.07) is 16.2. The van der Waals surface area contributed by atoms with Crippen molar-refractivity contribution in [2.75, 3.05) is 0 Å². The van der Waals surface area contributed by atoms with Gasteiger partial charge in [-0.2, -0.15) is 0 Å². The van der Waals surface area contributed by atoms with Crippen molar-refractivity contribution >= 4 is 44.6 Å². The summed E-state index contributed by atoms with van der Waals surface area (Å²) in [5.41, 5.74) is 3.87. The lowest BCUT2D eigenvalue weighted by Gasteiger charge is -2.15. The van der Waals surface area contributed by atoms with Crippen LogP contribution >= 0.6 is 34.5 Å². The number of nitrogens with two attached hydrogens (primary N) is 1. The molecule has 3 aromatic rings. The number of nitrogens with one attached hydrogen (secondary N) is 1. The Balaban J connectivity index is 1.93. The Morgan fingerprint density at radius 1 is 1.10 bits per heavy atom. The minimum absolute atomic E-state index is 0.0124. The maximum atomic E-state index is 6.26. The first kappa shape index (κ1) is 14.8. The number of hydrazine groups is 1. The van der Waals surface area contributed by atoms with E-state index < -0.39 is 0 Å². The summed E-state index contributed by atoms with van der Waals surface area (Å²) in [6.07, 6.45) is 0.697. The monoisotopic (exact) mass is 336 g/mol. The summed E-state index contributed by atoms with van der Waals surface area (Å²) in [7, 11) is 0. The number of hydrogen-bond acceptors (Lipinski definition) is 3. The lowest BCUT2D eigenvalue weighted by atomic mass is 10.0. The van der Waals surface area contributed by atoms with Gasteiger partial charge in [-0.05, 0) is 35.6 Å². The fourth-order valence-corrected chi connectivity index (χ4v) is 3.86. The molecule has 21 heavy (non-hydrogen) atoms. The van der Waals surface area contributed by atoms with E-state index in [0.29, 0.717) is 16.5 Å². The molecular weight excluding hydrogens is 323 g/mol. The van der Waals surface area contributed by atoms with Crippen LogP contribution in [0.2, 0.25) is 10.0 Å². The fraction of sp³-hybridized carbons (Fsp3) is 0.125. The van der Waals surface area contributed by atoms with Gasteiger partial charge >= 0.3 is 0 Å². The molecule has 1 aromatic heterocycles. The zero-order chi connectivity index (χ0) is 14.8. The van der Waals surface area contributed by atoms with Crippen molar-refractivity contribution in [2.45, 2.75) is 12.5 Å². The predicted octanol–water partition coefficient (Wildman–Crippen LogP) is 4.96. The minimum Gasteiger partial charge on any atom is -0.271 e. The molecule has 0 aliphatic rings. The zero-order valence-electron chi connectivity index (χ0n) is 11.1. The molecule has 1 heterocycles. The molecule has 0 spiro atoms. The van der Waals surface area contributed by atoms with Crippen molar-refractivity contribution in [3.63, 3.8) is 0 Å². The van der Waals surface area contributed by atoms with E-state index >= 15 is 0 Å². The molecule has 0 bridgehead atoms. The molecule has 108 valence electrons. The average molecular weight is 337 g/mol. The summed E-state index contributed by atoms with van der Waals surface area (Å²) >= 11 is 14.1. The molecule has 0 saturated carbocycles. The van der Waals surface area contributed by atoms with Crippen LogP contribution in [0.4, 0.5) is 0 Å². The highest BCUT2D eigenvalue weighted by molar-refractivity contribution is 7.19. The van der Waals surface area contributed by atoms with Gasteiger partial charge in [-0.15, -0.1) is 11.3 Å². The van der Waals surface area contributed by atoms with Gasteiger partial charge in [0.15, 0.2) is 0 Å². The van der Waals surface area contributed by atoms with E-state index in [9.17, 15) is 0 Å². The Morgan fingerprint density at radius 2 is 1.90 bits per heavy atom. The normalized spacial score (nSPS) is 12.7. The maximum Gasteiger partial charge on any atom is 0.0625 e. The molecule has 0 amide bonds. The standard InChI is InChI=1S/C16H14Cl2N2S/c17-12-6-3-5-11(16(12)18)8-13(20-19)15-9-10-4-1-2-7-14(10)21-15/h1-7,9,13,20H,8,19H2.